The van der Waals surface area contributed by atoms with Crippen LogP contribution in [0.5, 0.6) is 0 Å². The van der Waals surface area contributed by atoms with E-state index in [0.29, 0.717) is 25.9 Å². The number of piperidine rings is 1. The van der Waals surface area contributed by atoms with Gasteiger partial charge in [-0.05, 0) is 19.4 Å². The fourth-order valence-corrected chi connectivity index (χ4v) is 1.58. The number of nitrogens with one attached hydrogen (secondary N) is 1. The third-order valence-corrected chi connectivity index (χ3v) is 2.34. The van der Waals surface area contributed by atoms with Crippen molar-refractivity contribution in [1.29, 1.82) is 0 Å². The molecule has 2 N–H and O–H groups in total. The smallest absolute Gasteiger partial charge is 0.0701 e. The van der Waals surface area contributed by atoms with Gasteiger partial charge in [0, 0.05) is 6.04 Å². The van der Waals surface area contributed by atoms with Crippen molar-refractivity contribution >= 4 is 0 Å². The Morgan fingerprint density at radius 3 is 2.71 bits per heavy atom. The molecular formula is C10H21NO3. The normalized spacial score (nSPS) is 22.5. The van der Waals surface area contributed by atoms with Crippen molar-refractivity contribution in [2.24, 2.45) is 0 Å². The molecule has 0 saturated carbocycles. The monoisotopic (exact) mass is 203 g/mol. The number of hydrogen-bond donors (Lipinski definition) is 2. The minimum Gasteiger partial charge on any atom is -0.394 e. The Morgan fingerprint density at radius 1 is 1.14 bits per heavy atom. The predicted octanol–water partition coefficient (Wildman–Crippen LogP) is 0.154. The maximum absolute atomic E-state index is 8.45. The van der Waals surface area contributed by atoms with Crippen molar-refractivity contribution in [3.63, 3.8) is 0 Å². The first kappa shape index (κ1) is 11.9. The topological polar surface area (TPSA) is 50.7 Å². The maximum atomic E-state index is 8.45. The number of rotatable bonds is 7. The highest BCUT2D eigenvalue weighted by Gasteiger charge is 2.11. The van der Waals surface area contributed by atoms with Crippen molar-refractivity contribution in [2.45, 2.75) is 25.3 Å². The van der Waals surface area contributed by atoms with Crippen molar-refractivity contribution in [2.75, 3.05) is 39.6 Å². The first-order valence-electron chi connectivity index (χ1n) is 5.43. The zero-order chi connectivity index (χ0) is 10.1. The van der Waals surface area contributed by atoms with Gasteiger partial charge in [-0.15, -0.1) is 0 Å². The highest BCUT2D eigenvalue weighted by Crippen LogP contribution is 2.06. The van der Waals surface area contributed by atoms with Gasteiger partial charge in [0.2, 0.25) is 0 Å². The molecule has 0 amide bonds. The second-order valence-electron chi connectivity index (χ2n) is 3.56. The molecule has 4 nitrogen and oxygen atoms in total. The molecule has 1 aliphatic heterocycles. The second-order valence-corrected chi connectivity index (χ2v) is 3.56. The van der Waals surface area contributed by atoms with Crippen LogP contribution < -0.4 is 5.32 Å². The summed E-state index contributed by atoms with van der Waals surface area (Å²) >= 11 is 0. The lowest BCUT2D eigenvalue weighted by Gasteiger charge is -2.23. The van der Waals surface area contributed by atoms with Gasteiger partial charge in [-0.1, -0.05) is 6.42 Å². The molecule has 0 bridgehead atoms. The standard InChI is InChI=1S/C10H21NO3/c12-5-6-13-7-8-14-9-10-3-1-2-4-11-10/h10-12H,1-9H2. The predicted molar refractivity (Wildman–Crippen MR) is 54.4 cm³/mol. The van der Waals surface area contributed by atoms with E-state index < -0.39 is 0 Å². The minimum atomic E-state index is 0.0875. The second kappa shape index (κ2) is 8.17. The van der Waals surface area contributed by atoms with Crippen LogP contribution in [0.2, 0.25) is 0 Å². The molecule has 1 unspecified atom stereocenters. The third kappa shape index (κ3) is 5.54. The Hall–Kier alpha value is -0.160. The third-order valence-electron chi connectivity index (χ3n) is 2.34. The van der Waals surface area contributed by atoms with Crippen LogP contribution in [0.25, 0.3) is 0 Å². The van der Waals surface area contributed by atoms with Crippen molar-refractivity contribution in [3.8, 4) is 0 Å². The summed E-state index contributed by atoms with van der Waals surface area (Å²) in [5.74, 6) is 0. The lowest BCUT2D eigenvalue weighted by molar-refractivity contribution is 0.0245. The fourth-order valence-electron chi connectivity index (χ4n) is 1.58. The van der Waals surface area contributed by atoms with E-state index in [1.54, 1.807) is 0 Å². The molecule has 1 aliphatic rings. The molecule has 4 heteroatoms. The minimum absolute atomic E-state index is 0.0875. The van der Waals surface area contributed by atoms with Crippen LogP contribution in [0.15, 0.2) is 0 Å². The molecule has 1 saturated heterocycles. The van der Waals surface area contributed by atoms with Crippen LogP contribution in [0.4, 0.5) is 0 Å². The van der Waals surface area contributed by atoms with Gasteiger partial charge in [0.15, 0.2) is 0 Å². The summed E-state index contributed by atoms with van der Waals surface area (Å²) in [6, 6.07) is 0.529. The van der Waals surface area contributed by atoms with E-state index >= 15 is 0 Å². The molecule has 1 fully saturated rings. The van der Waals surface area contributed by atoms with Crippen LogP contribution in [0.1, 0.15) is 19.3 Å². The lowest BCUT2D eigenvalue weighted by Crippen LogP contribution is -2.37. The number of aliphatic hydroxyl groups excluding tert-OH is 1. The molecule has 0 spiro atoms. The molecule has 84 valence electrons. The molecule has 0 aromatic rings. The summed E-state index contributed by atoms with van der Waals surface area (Å²) < 4.78 is 10.5. The van der Waals surface area contributed by atoms with Gasteiger partial charge in [0.25, 0.3) is 0 Å². The SMILES string of the molecule is OCCOCCOCC1CCCCN1. The Bertz CT molecular complexity index is 127. The van der Waals surface area contributed by atoms with E-state index in [1.165, 1.54) is 19.3 Å². The van der Waals surface area contributed by atoms with Crippen LogP contribution in [0.3, 0.4) is 0 Å². The molecule has 0 aromatic carbocycles. The molecular weight excluding hydrogens is 182 g/mol. The summed E-state index contributed by atoms with van der Waals surface area (Å²) in [5.41, 5.74) is 0. The average Bonchev–Trinajstić information content (AvgIpc) is 2.25. The zero-order valence-corrected chi connectivity index (χ0v) is 8.71. The number of ether oxygens (including phenoxy) is 2. The van der Waals surface area contributed by atoms with E-state index in [4.69, 9.17) is 14.6 Å². The Morgan fingerprint density at radius 2 is 2.00 bits per heavy atom. The van der Waals surface area contributed by atoms with E-state index in [0.717, 1.165) is 13.2 Å². The van der Waals surface area contributed by atoms with E-state index in [-0.39, 0.29) is 6.61 Å². The van der Waals surface area contributed by atoms with E-state index in [2.05, 4.69) is 5.32 Å². The van der Waals surface area contributed by atoms with Gasteiger partial charge in [-0.3, -0.25) is 0 Å². The number of aliphatic hydroxyl groups is 1. The number of hydrogen-bond acceptors (Lipinski definition) is 4. The van der Waals surface area contributed by atoms with Gasteiger partial charge in [-0.25, -0.2) is 0 Å². The van der Waals surface area contributed by atoms with Gasteiger partial charge in [0.1, 0.15) is 0 Å². The fraction of sp³-hybridized carbons (Fsp3) is 1.00. The average molecular weight is 203 g/mol. The van der Waals surface area contributed by atoms with Gasteiger partial charge < -0.3 is 19.9 Å². The summed E-state index contributed by atoms with van der Waals surface area (Å²) in [6.45, 7) is 3.60. The van der Waals surface area contributed by atoms with E-state index in [9.17, 15) is 0 Å². The molecule has 1 rings (SSSR count). The van der Waals surface area contributed by atoms with Gasteiger partial charge >= 0.3 is 0 Å². The highest BCUT2D eigenvalue weighted by molar-refractivity contribution is 4.71. The van der Waals surface area contributed by atoms with Crippen LogP contribution in [0, 0.1) is 0 Å². The summed E-state index contributed by atoms with van der Waals surface area (Å²) in [7, 11) is 0. The lowest BCUT2D eigenvalue weighted by atomic mass is 10.1. The summed E-state index contributed by atoms with van der Waals surface area (Å²) in [4.78, 5) is 0. The quantitative estimate of drug-likeness (QED) is 0.578. The Kier molecular flexibility index (Phi) is 6.95. The highest BCUT2D eigenvalue weighted by atomic mass is 16.5. The van der Waals surface area contributed by atoms with Crippen LogP contribution >= 0.6 is 0 Å². The Labute approximate surface area is 85.6 Å². The van der Waals surface area contributed by atoms with Crippen molar-refractivity contribution in [3.05, 3.63) is 0 Å². The van der Waals surface area contributed by atoms with Gasteiger partial charge in [-0.2, -0.15) is 0 Å². The largest absolute Gasteiger partial charge is 0.394 e. The van der Waals surface area contributed by atoms with Gasteiger partial charge in [0.05, 0.1) is 33.0 Å². The first-order chi connectivity index (χ1) is 6.93. The molecule has 0 radical (unpaired) electrons. The molecule has 1 atom stereocenters. The Balaban J connectivity index is 1.82. The maximum Gasteiger partial charge on any atom is 0.0701 e. The van der Waals surface area contributed by atoms with Crippen molar-refractivity contribution in [1.82, 2.24) is 5.32 Å². The van der Waals surface area contributed by atoms with Crippen molar-refractivity contribution < 1.29 is 14.6 Å². The van der Waals surface area contributed by atoms with Crippen LogP contribution in [-0.2, 0) is 9.47 Å². The molecule has 1 heterocycles. The zero-order valence-electron chi connectivity index (χ0n) is 8.71. The summed E-state index contributed by atoms with van der Waals surface area (Å²) in [6.07, 6.45) is 3.82. The molecule has 0 aromatic heterocycles. The summed E-state index contributed by atoms with van der Waals surface area (Å²) in [5, 5.41) is 11.9. The first-order valence-corrected chi connectivity index (χ1v) is 5.43. The van der Waals surface area contributed by atoms with E-state index in [1.807, 2.05) is 0 Å². The molecule has 14 heavy (non-hydrogen) atoms. The van der Waals surface area contributed by atoms with Crippen LogP contribution in [-0.4, -0.2) is 50.7 Å². The molecule has 0 aliphatic carbocycles.